The molecule has 3 heterocycles. The van der Waals surface area contributed by atoms with E-state index in [1.54, 1.807) is 50.2 Å². The monoisotopic (exact) mass is 782 g/mol. The van der Waals surface area contributed by atoms with Crippen molar-refractivity contribution in [2.75, 3.05) is 46.8 Å². The second kappa shape index (κ2) is 17.4. The minimum atomic E-state index is -0.909. The number of nitrogens with zero attached hydrogens (tertiary/aromatic N) is 6. The number of phenolic OH excluding ortho intramolecular Hbond substituents is 1. The Balaban J connectivity index is 1.21. The molecule has 5 aromatic rings. The zero-order valence-corrected chi connectivity index (χ0v) is 33.2. The molecule has 13 heteroatoms. The van der Waals surface area contributed by atoms with Crippen LogP contribution in [0.25, 0.3) is 22.0 Å². The van der Waals surface area contributed by atoms with Gasteiger partial charge in [0, 0.05) is 68.9 Å². The number of aromatic hydroxyl groups is 1. The average Bonchev–Trinajstić information content (AvgIpc) is 3.56. The second-order valence-corrected chi connectivity index (χ2v) is 15.1. The molecule has 13 nitrogen and oxygen atoms in total. The predicted molar refractivity (Wildman–Crippen MR) is 223 cm³/mol. The van der Waals surface area contributed by atoms with Crippen molar-refractivity contribution in [3.63, 3.8) is 0 Å². The lowest BCUT2D eigenvalue weighted by Crippen LogP contribution is -2.76. The van der Waals surface area contributed by atoms with Gasteiger partial charge in [0.1, 0.15) is 18.0 Å². The van der Waals surface area contributed by atoms with Crippen LogP contribution >= 0.6 is 0 Å². The van der Waals surface area contributed by atoms with E-state index in [0.29, 0.717) is 12.1 Å². The minimum Gasteiger partial charge on any atom is -0.508 e. The van der Waals surface area contributed by atoms with E-state index in [4.69, 9.17) is 0 Å². The molecular weight excluding hydrogens is 733 g/mol. The summed E-state index contributed by atoms with van der Waals surface area (Å²) >= 11 is 0. The molecule has 2 aliphatic rings. The lowest BCUT2D eigenvalue weighted by Gasteiger charge is -2.55. The molecule has 7 rings (SSSR count). The standard InChI is InChI=1S/C45H50N8O5/c1-5-23-51-30-41(55)52-39(25-31-14-20-36(54)21-15-31)44(57)50(29-40(52)53(51)45(58)47-26-32-10-7-6-8-11-32)27-35-12-9-13-37-38(28-49(4)42(35)37)33-16-18-34(19-17-33)43(56)46-22-24-48(2)3/h5-21,28,39-40,54H,1,22-27,29-30H2,2-4H3,(H,46,56)(H,47,58)/t39-,40-/m0/s1. The highest BCUT2D eigenvalue weighted by Crippen LogP contribution is 2.35. The maximum Gasteiger partial charge on any atom is 0.334 e. The fraction of sp³-hybridized carbons (Fsp3) is 0.289. The molecule has 2 aliphatic heterocycles. The zero-order valence-electron chi connectivity index (χ0n) is 33.2. The van der Waals surface area contributed by atoms with Crippen LogP contribution in [0, 0.1) is 0 Å². The van der Waals surface area contributed by atoms with E-state index in [2.05, 4.69) is 34.0 Å². The van der Waals surface area contributed by atoms with Crippen LogP contribution in [0.5, 0.6) is 5.75 Å². The van der Waals surface area contributed by atoms with Crippen molar-refractivity contribution < 1.29 is 24.3 Å². The number of amides is 5. The number of hydrogen-bond acceptors (Lipinski definition) is 7. The number of nitrogens with one attached hydrogen (secondary N) is 2. The summed E-state index contributed by atoms with van der Waals surface area (Å²) < 4.78 is 2.05. The highest BCUT2D eigenvalue weighted by molar-refractivity contribution is 5.99. The highest BCUT2D eigenvalue weighted by atomic mass is 16.3. The van der Waals surface area contributed by atoms with E-state index in [9.17, 15) is 24.3 Å². The molecule has 0 radical (unpaired) electrons. The number of para-hydroxylation sites is 1. The zero-order chi connectivity index (χ0) is 40.9. The van der Waals surface area contributed by atoms with Crippen LogP contribution in [0.2, 0.25) is 0 Å². The molecule has 2 saturated heterocycles. The molecule has 5 amide bonds. The third kappa shape index (κ3) is 8.46. The number of carbonyl (C=O) groups is 4. The number of aryl methyl sites for hydroxylation is 1. The number of phenols is 1. The molecule has 0 saturated carbocycles. The van der Waals surface area contributed by atoms with Gasteiger partial charge in [0.05, 0.1) is 18.6 Å². The van der Waals surface area contributed by atoms with E-state index >= 15 is 0 Å². The number of hydrazine groups is 1. The molecule has 3 N–H and O–H groups in total. The summed E-state index contributed by atoms with van der Waals surface area (Å²) in [7, 11) is 5.90. The van der Waals surface area contributed by atoms with Crippen LogP contribution in [0.4, 0.5) is 4.79 Å². The van der Waals surface area contributed by atoms with Crippen LogP contribution in [0.1, 0.15) is 27.0 Å². The van der Waals surface area contributed by atoms with Gasteiger partial charge < -0.3 is 35.0 Å². The van der Waals surface area contributed by atoms with Crippen molar-refractivity contribution in [3.8, 4) is 16.9 Å². The van der Waals surface area contributed by atoms with Gasteiger partial charge in [-0.05, 0) is 60.6 Å². The molecule has 2 atom stereocenters. The number of rotatable bonds is 13. The first-order chi connectivity index (χ1) is 28.0. The summed E-state index contributed by atoms with van der Waals surface area (Å²) in [5.74, 6) is -0.519. The number of urea groups is 1. The first kappa shape index (κ1) is 39.8. The first-order valence-electron chi connectivity index (χ1n) is 19.5. The fourth-order valence-corrected chi connectivity index (χ4v) is 7.97. The molecule has 4 aromatic carbocycles. The smallest absolute Gasteiger partial charge is 0.334 e. The van der Waals surface area contributed by atoms with E-state index in [1.807, 2.05) is 92.8 Å². The summed E-state index contributed by atoms with van der Waals surface area (Å²) in [6.45, 7) is 5.92. The third-order valence-electron chi connectivity index (χ3n) is 10.8. The van der Waals surface area contributed by atoms with Crippen LogP contribution in [0.3, 0.4) is 0 Å². The van der Waals surface area contributed by atoms with E-state index in [0.717, 1.165) is 45.3 Å². The topological polar surface area (TPSA) is 134 Å². The summed E-state index contributed by atoms with van der Waals surface area (Å²) in [6.07, 6.45) is 3.10. The Morgan fingerprint density at radius 2 is 1.66 bits per heavy atom. The lowest BCUT2D eigenvalue weighted by molar-refractivity contribution is -0.189. The number of benzene rings is 4. The number of likely N-dealkylation sites (N-methyl/N-ethyl adjacent to an activating group) is 1. The predicted octanol–water partition coefficient (Wildman–Crippen LogP) is 4.58. The third-order valence-corrected chi connectivity index (χ3v) is 10.8. The number of fused-ring (bicyclic) bond motifs is 2. The molecule has 0 bridgehead atoms. The van der Waals surface area contributed by atoms with Crippen LogP contribution < -0.4 is 10.6 Å². The van der Waals surface area contributed by atoms with Crippen molar-refractivity contribution in [1.82, 2.24) is 39.9 Å². The van der Waals surface area contributed by atoms with Gasteiger partial charge in [0.2, 0.25) is 11.8 Å². The van der Waals surface area contributed by atoms with Crippen LogP contribution in [-0.4, -0.2) is 117 Å². The number of piperazine rings is 1. The second-order valence-electron chi connectivity index (χ2n) is 15.1. The van der Waals surface area contributed by atoms with Gasteiger partial charge in [-0.2, -0.15) is 0 Å². The summed E-state index contributed by atoms with van der Waals surface area (Å²) in [5.41, 5.74) is 6.06. The Morgan fingerprint density at radius 1 is 0.914 bits per heavy atom. The Hall–Kier alpha value is -6.44. The van der Waals surface area contributed by atoms with Gasteiger partial charge in [0.15, 0.2) is 0 Å². The van der Waals surface area contributed by atoms with E-state index in [-0.39, 0.29) is 62.6 Å². The normalized spacial score (nSPS) is 17.1. The molecule has 0 unspecified atom stereocenters. The van der Waals surface area contributed by atoms with Crippen LogP contribution in [0.15, 0.2) is 116 Å². The Morgan fingerprint density at radius 3 is 2.36 bits per heavy atom. The maximum atomic E-state index is 14.7. The lowest BCUT2D eigenvalue weighted by atomic mass is 9.97. The Kier molecular flexibility index (Phi) is 11.9. The Labute approximate surface area is 338 Å². The number of carbonyl (C=O) groups excluding carboxylic acids is 4. The van der Waals surface area contributed by atoms with Crippen molar-refractivity contribution in [2.24, 2.45) is 7.05 Å². The van der Waals surface area contributed by atoms with E-state index in [1.165, 1.54) is 0 Å². The summed E-state index contributed by atoms with van der Waals surface area (Å²) in [5, 5.41) is 20.2. The van der Waals surface area contributed by atoms with Gasteiger partial charge in [-0.1, -0.05) is 78.9 Å². The SMILES string of the molecule is C=CCN1CC(=O)N2[C@@H](Cc3ccc(O)cc3)C(=O)N(Cc3cccc4c(-c5ccc(C(=O)NCCN(C)C)cc5)cn(C)c34)C[C@@H]2N1C(=O)NCc1ccccc1. The molecular formula is C45H50N8O5. The van der Waals surface area contributed by atoms with Crippen molar-refractivity contribution in [2.45, 2.75) is 31.7 Å². The molecule has 0 spiro atoms. The van der Waals surface area contributed by atoms with E-state index < -0.39 is 18.2 Å². The Bertz CT molecular complexity index is 2290. The van der Waals surface area contributed by atoms with Crippen molar-refractivity contribution >= 4 is 34.7 Å². The number of hydrogen-bond donors (Lipinski definition) is 3. The van der Waals surface area contributed by atoms with Gasteiger partial charge in [0.25, 0.3) is 5.91 Å². The van der Waals surface area contributed by atoms with Gasteiger partial charge in [-0.15, -0.1) is 6.58 Å². The minimum absolute atomic E-state index is 0.0782. The van der Waals surface area contributed by atoms with Gasteiger partial charge in [-0.3, -0.25) is 14.4 Å². The molecule has 1 aromatic heterocycles. The summed E-state index contributed by atoms with van der Waals surface area (Å²) in [4.78, 5) is 61.1. The molecule has 300 valence electrons. The largest absolute Gasteiger partial charge is 0.508 e. The molecule has 2 fully saturated rings. The quantitative estimate of drug-likeness (QED) is 0.149. The van der Waals surface area contributed by atoms with Crippen molar-refractivity contribution in [1.29, 1.82) is 0 Å². The number of aromatic nitrogens is 1. The summed E-state index contributed by atoms with van der Waals surface area (Å²) in [6, 6.07) is 28.5. The maximum absolute atomic E-state index is 14.7. The average molecular weight is 783 g/mol. The molecule has 0 aliphatic carbocycles. The van der Waals surface area contributed by atoms with Gasteiger partial charge >= 0.3 is 6.03 Å². The van der Waals surface area contributed by atoms with Gasteiger partial charge in [-0.25, -0.2) is 14.8 Å². The molecule has 58 heavy (non-hydrogen) atoms. The first-order valence-corrected chi connectivity index (χ1v) is 19.5. The van der Waals surface area contributed by atoms with Crippen molar-refractivity contribution in [3.05, 3.63) is 138 Å². The van der Waals surface area contributed by atoms with Crippen LogP contribution in [-0.2, 0) is 36.1 Å². The highest BCUT2D eigenvalue weighted by Gasteiger charge is 2.51. The fourth-order valence-electron chi connectivity index (χ4n) is 7.97.